The van der Waals surface area contributed by atoms with Crippen molar-refractivity contribution in [1.82, 2.24) is 9.55 Å². The van der Waals surface area contributed by atoms with Gasteiger partial charge < -0.3 is 23.5 Å². The van der Waals surface area contributed by atoms with Crippen molar-refractivity contribution in [3.8, 4) is 23.0 Å². The number of aromatic nitrogens is 2. The van der Waals surface area contributed by atoms with Crippen LogP contribution in [-0.2, 0) is 6.54 Å². The molecular weight excluding hydrogens is 360 g/mol. The number of fused-ring (bicyclic) bond motifs is 6. The van der Waals surface area contributed by atoms with Crippen molar-refractivity contribution in [2.24, 2.45) is 0 Å². The number of methoxy groups -OCH3 is 2. The van der Waals surface area contributed by atoms with Gasteiger partial charge in [-0.15, -0.1) is 0 Å². The van der Waals surface area contributed by atoms with Crippen LogP contribution in [0, 0.1) is 0 Å². The van der Waals surface area contributed by atoms with Crippen molar-refractivity contribution >= 4 is 32.6 Å². The van der Waals surface area contributed by atoms with Gasteiger partial charge in [0.15, 0.2) is 23.0 Å². The zero-order valence-corrected chi connectivity index (χ0v) is 15.7. The Balaban J connectivity index is 2.00. The Labute approximate surface area is 160 Å². The minimum absolute atomic E-state index is 0.0801. The van der Waals surface area contributed by atoms with Gasteiger partial charge in [-0.05, 0) is 19.1 Å². The second kappa shape index (κ2) is 6.02. The zero-order chi connectivity index (χ0) is 19.4. The van der Waals surface area contributed by atoms with E-state index < -0.39 is 0 Å². The third-order valence-electron chi connectivity index (χ3n) is 5.22. The predicted molar refractivity (Wildman–Crippen MR) is 106 cm³/mol. The quantitative estimate of drug-likeness (QED) is 0.509. The van der Waals surface area contributed by atoms with Crippen molar-refractivity contribution in [3.05, 3.63) is 40.8 Å². The molecule has 3 heterocycles. The lowest BCUT2D eigenvalue weighted by Gasteiger charge is -2.16. The van der Waals surface area contributed by atoms with Crippen LogP contribution in [0.5, 0.6) is 23.0 Å². The molecule has 0 fully saturated rings. The molecule has 4 aromatic rings. The maximum Gasteiger partial charge on any atom is 0.259 e. The number of benzene rings is 2. The molecule has 0 amide bonds. The summed E-state index contributed by atoms with van der Waals surface area (Å²) in [7, 11) is 3.17. The van der Waals surface area contributed by atoms with Gasteiger partial charge in [0.05, 0.1) is 30.6 Å². The van der Waals surface area contributed by atoms with Crippen molar-refractivity contribution in [2.45, 2.75) is 13.5 Å². The van der Waals surface area contributed by atoms with Crippen molar-refractivity contribution in [2.75, 3.05) is 21.0 Å². The average molecular weight is 378 g/mol. The van der Waals surface area contributed by atoms with Crippen molar-refractivity contribution < 1.29 is 18.9 Å². The third-order valence-corrected chi connectivity index (χ3v) is 5.22. The van der Waals surface area contributed by atoms with Gasteiger partial charge in [-0.25, -0.2) is 0 Å². The SMILES string of the molecule is CCn1c(=O)c2c3cc4c(cc3ncc2c2cc(OC)c(OC)cc21)OCO4. The molecule has 28 heavy (non-hydrogen) atoms. The lowest BCUT2D eigenvalue weighted by molar-refractivity contribution is 0.174. The van der Waals surface area contributed by atoms with Crippen LogP contribution in [0.2, 0.25) is 0 Å². The fourth-order valence-corrected chi connectivity index (χ4v) is 3.88. The minimum atomic E-state index is -0.0801. The van der Waals surface area contributed by atoms with Gasteiger partial charge in [0.2, 0.25) is 6.79 Å². The topological polar surface area (TPSA) is 71.8 Å². The van der Waals surface area contributed by atoms with Gasteiger partial charge >= 0.3 is 0 Å². The largest absolute Gasteiger partial charge is 0.493 e. The lowest BCUT2D eigenvalue weighted by Crippen LogP contribution is -2.20. The normalized spacial score (nSPS) is 12.8. The van der Waals surface area contributed by atoms with Crippen LogP contribution in [0.15, 0.2) is 35.3 Å². The summed E-state index contributed by atoms with van der Waals surface area (Å²) >= 11 is 0. The van der Waals surface area contributed by atoms with Gasteiger partial charge in [-0.1, -0.05) is 0 Å². The first-order valence-corrected chi connectivity index (χ1v) is 8.96. The number of aryl methyl sites for hydroxylation is 1. The number of ether oxygens (including phenoxy) is 4. The molecule has 0 aliphatic carbocycles. The third kappa shape index (κ3) is 2.16. The Kier molecular flexibility index (Phi) is 3.58. The van der Waals surface area contributed by atoms with E-state index in [0.29, 0.717) is 40.4 Å². The Morgan fingerprint density at radius 2 is 1.71 bits per heavy atom. The highest BCUT2D eigenvalue weighted by atomic mass is 16.7. The fraction of sp³-hybridized carbons (Fsp3) is 0.238. The second-order valence-electron chi connectivity index (χ2n) is 6.54. The first-order valence-electron chi connectivity index (χ1n) is 8.96. The van der Waals surface area contributed by atoms with E-state index in [1.807, 2.05) is 31.2 Å². The molecule has 142 valence electrons. The average Bonchev–Trinajstić information content (AvgIpc) is 3.18. The molecule has 0 N–H and O–H groups in total. The summed E-state index contributed by atoms with van der Waals surface area (Å²) in [6.07, 6.45) is 1.73. The molecule has 2 aromatic carbocycles. The van der Waals surface area contributed by atoms with Gasteiger partial charge in [-0.3, -0.25) is 9.78 Å². The maximum atomic E-state index is 13.4. The molecule has 5 rings (SSSR count). The highest BCUT2D eigenvalue weighted by molar-refractivity contribution is 6.15. The van der Waals surface area contributed by atoms with Crippen LogP contribution in [0.25, 0.3) is 32.6 Å². The van der Waals surface area contributed by atoms with E-state index in [9.17, 15) is 4.79 Å². The number of hydrogen-bond acceptors (Lipinski definition) is 6. The summed E-state index contributed by atoms with van der Waals surface area (Å²) in [6.45, 7) is 2.64. The summed E-state index contributed by atoms with van der Waals surface area (Å²) in [5.41, 5.74) is 1.39. The number of pyridine rings is 2. The van der Waals surface area contributed by atoms with Crippen LogP contribution in [-0.4, -0.2) is 30.6 Å². The fourth-order valence-electron chi connectivity index (χ4n) is 3.88. The highest BCUT2D eigenvalue weighted by Gasteiger charge is 2.20. The zero-order valence-electron chi connectivity index (χ0n) is 15.7. The van der Waals surface area contributed by atoms with Crippen LogP contribution in [0.3, 0.4) is 0 Å². The molecule has 7 heteroatoms. The molecule has 1 aliphatic heterocycles. The lowest BCUT2D eigenvalue weighted by atomic mass is 10.0. The number of hydrogen-bond donors (Lipinski definition) is 0. The first-order chi connectivity index (χ1) is 13.7. The Bertz CT molecular complexity index is 1330. The molecular formula is C21H18N2O5. The molecule has 0 unspecified atom stereocenters. The smallest absolute Gasteiger partial charge is 0.259 e. The molecule has 7 nitrogen and oxygen atoms in total. The van der Waals surface area contributed by atoms with Crippen molar-refractivity contribution in [1.29, 1.82) is 0 Å². The molecule has 1 aliphatic rings. The Hall–Kier alpha value is -3.48. The van der Waals surface area contributed by atoms with Gasteiger partial charge in [0, 0.05) is 41.0 Å². The van der Waals surface area contributed by atoms with E-state index >= 15 is 0 Å². The van der Waals surface area contributed by atoms with Crippen LogP contribution < -0.4 is 24.5 Å². The standard InChI is InChI=1S/C21H18N2O5/c1-4-23-15-8-17(26-3)16(25-2)5-11(15)13-9-22-14-7-19-18(27-10-28-19)6-12(14)20(13)21(23)24/h5-9H,4,10H2,1-3H3. The Morgan fingerprint density at radius 1 is 1.00 bits per heavy atom. The maximum absolute atomic E-state index is 13.4. The van der Waals surface area contributed by atoms with Crippen LogP contribution in [0.1, 0.15) is 6.92 Å². The van der Waals surface area contributed by atoms with E-state index in [0.717, 1.165) is 21.7 Å². The molecule has 0 radical (unpaired) electrons. The van der Waals surface area contributed by atoms with E-state index in [2.05, 4.69) is 4.98 Å². The van der Waals surface area contributed by atoms with Crippen LogP contribution in [0.4, 0.5) is 0 Å². The van der Waals surface area contributed by atoms with Gasteiger partial charge in [0.25, 0.3) is 5.56 Å². The summed E-state index contributed by atoms with van der Waals surface area (Å²) in [6, 6.07) is 7.37. The summed E-state index contributed by atoms with van der Waals surface area (Å²) in [5.74, 6) is 2.44. The first kappa shape index (κ1) is 16.7. The molecule has 0 spiro atoms. The van der Waals surface area contributed by atoms with Crippen molar-refractivity contribution in [3.63, 3.8) is 0 Å². The number of rotatable bonds is 3. The second-order valence-corrected chi connectivity index (χ2v) is 6.54. The molecule has 0 saturated heterocycles. The highest BCUT2D eigenvalue weighted by Crippen LogP contribution is 2.39. The van der Waals surface area contributed by atoms with Gasteiger partial charge in [0.1, 0.15) is 0 Å². The monoisotopic (exact) mass is 378 g/mol. The molecule has 0 saturated carbocycles. The number of nitrogens with zero attached hydrogens (tertiary/aromatic N) is 2. The predicted octanol–water partition coefficient (Wildman–Crippen LogP) is 3.47. The van der Waals surface area contributed by atoms with E-state index in [1.54, 1.807) is 25.0 Å². The van der Waals surface area contributed by atoms with E-state index in [4.69, 9.17) is 18.9 Å². The molecule has 0 atom stereocenters. The summed E-state index contributed by atoms with van der Waals surface area (Å²) < 4.78 is 23.6. The van der Waals surface area contributed by atoms with Crippen LogP contribution >= 0.6 is 0 Å². The van der Waals surface area contributed by atoms with Gasteiger partial charge in [-0.2, -0.15) is 0 Å². The Morgan fingerprint density at radius 3 is 2.43 bits per heavy atom. The minimum Gasteiger partial charge on any atom is -0.493 e. The van der Waals surface area contributed by atoms with E-state index in [-0.39, 0.29) is 12.4 Å². The van der Waals surface area contributed by atoms with E-state index in [1.165, 1.54) is 0 Å². The summed E-state index contributed by atoms with van der Waals surface area (Å²) in [4.78, 5) is 18.0. The molecule has 2 aromatic heterocycles. The molecule has 0 bridgehead atoms. The summed E-state index contributed by atoms with van der Waals surface area (Å²) in [5, 5.41) is 2.98.